The third-order valence-electron chi connectivity index (χ3n) is 4.48. The van der Waals surface area contributed by atoms with E-state index in [1.165, 1.54) is 18.3 Å². The van der Waals surface area contributed by atoms with Gasteiger partial charge >= 0.3 is 0 Å². The Morgan fingerprint density at radius 2 is 1.69 bits per heavy atom. The van der Waals surface area contributed by atoms with Crippen molar-refractivity contribution in [3.8, 4) is 0 Å². The van der Waals surface area contributed by atoms with E-state index in [0.29, 0.717) is 17.4 Å². The minimum atomic E-state index is -0.476. The molecule has 0 aliphatic heterocycles. The van der Waals surface area contributed by atoms with Crippen LogP contribution >= 0.6 is 0 Å². The van der Waals surface area contributed by atoms with Crippen LogP contribution in [0.3, 0.4) is 0 Å². The van der Waals surface area contributed by atoms with Crippen molar-refractivity contribution >= 4 is 22.7 Å². The third kappa shape index (κ3) is 3.93. The molecule has 29 heavy (non-hydrogen) atoms. The highest BCUT2D eigenvalue weighted by atomic mass is 16.6. The molecule has 0 saturated heterocycles. The van der Waals surface area contributed by atoms with Gasteiger partial charge in [-0.1, -0.05) is 60.7 Å². The summed E-state index contributed by atoms with van der Waals surface area (Å²) < 4.78 is 0. The van der Waals surface area contributed by atoms with Crippen LogP contribution in [0.1, 0.15) is 16.8 Å². The fourth-order valence-electron chi connectivity index (χ4n) is 3.08. The Hall–Kier alpha value is -4.13. The molecule has 1 heterocycles. The van der Waals surface area contributed by atoms with Crippen LogP contribution in [0, 0.1) is 10.1 Å². The number of nitrogens with zero attached hydrogens (tertiary/aromatic N) is 4. The van der Waals surface area contributed by atoms with E-state index in [-0.39, 0.29) is 11.2 Å². The van der Waals surface area contributed by atoms with Crippen LogP contribution in [0.15, 0.2) is 88.8 Å². The summed E-state index contributed by atoms with van der Waals surface area (Å²) in [6.45, 7) is 0. The molecule has 7 heteroatoms. The number of benzene rings is 3. The molecule has 0 radical (unpaired) electrons. The zero-order chi connectivity index (χ0) is 20.2. The maximum Gasteiger partial charge on any atom is 0.295 e. The first-order valence-corrected chi connectivity index (χ1v) is 8.95. The predicted molar refractivity (Wildman–Crippen MR) is 111 cm³/mol. The van der Waals surface area contributed by atoms with E-state index in [0.717, 1.165) is 21.4 Å². The summed E-state index contributed by atoms with van der Waals surface area (Å²) in [5, 5.41) is 20.9. The fourth-order valence-corrected chi connectivity index (χ4v) is 3.08. The number of fused-ring (bicyclic) bond motifs is 1. The molecule has 0 unspecified atom stereocenters. The van der Waals surface area contributed by atoms with Crippen molar-refractivity contribution in [3.05, 3.63) is 116 Å². The molecule has 0 saturated carbocycles. The number of nitro groups is 1. The van der Waals surface area contributed by atoms with Crippen LogP contribution in [0.2, 0.25) is 0 Å². The quantitative estimate of drug-likeness (QED) is 0.297. The Morgan fingerprint density at radius 3 is 2.45 bits per heavy atom. The van der Waals surface area contributed by atoms with Crippen molar-refractivity contribution in [2.45, 2.75) is 6.42 Å². The number of rotatable bonds is 5. The Kier molecular flexibility index (Phi) is 4.94. The van der Waals surface area contributed by atoms with E-state index in [1.54, 1.807) is 24.3 Å². The van der Waals surface area contributed by atoms with Gasteiger partial charge in [0.2, 0.25) is 0 Å². The summed E-state index contributed by atoms with van der Waals surface area (Å²) in [6, 6.07) is 23.2. The Balaban J connectivity index is 1.78. The molecule has 0 bridgehead atoms. The van der Waals surface area contributed by atoms with Crippen molar-refractivity contribution in [2.75, 3.05) is 0 Å². The van der Waals surface area contributed by atoms with Gasteiger partial charge in [-0.15, -0.1) is 4.79 Å². The van der Waals surface area contributed by atoms with Gasteiger partial charge in [-0.3, -0.25) is 14.9 Å². The molecule has 142 valence electrons. The van der Waals surface area contributed by atoms with E-state index in [9.17, 15) is 14.9 Å². The first kappa shape index (κ1) is 18.2. The Labute approximate surface area is 165 Å². The molecular weight excluding hydrogens is 368 g/mol. The summed E-state index contributed by atoms with van der Waals surface area (Å²) in [6.07, 6.45) is 1.94. The summed E-state index contributed by atoms with van der Waals surface area (Å²) >= 11 is 0. The number of hydrogen-bond donors (Lipinski definition) is 0. The van der Waals surface area contributed by atoms with Gasteiger partial charge in [0.1, 0.15) is 0 Å². The van der Waals surface area contributed by atoms with E-state index in [1.807, 2.05) is 42.5 Å². The van der Waals surface area contributed by atoms with Gasteiger partial charge in [0, 0.05) is 29.5 Å². The van der Waals surface area contributed by atoms with Crippen LogP contribution < -0.4 is 5.56 Å². The highest BCUT2D eigenvalue weighted by molar-refractivity contribution is 5.84. The lowest BCUT2D eigenvalue weighted by Gasteiger charge is -2.08. The van der Waals surface area contributed by atoms with Crippen molar-refractivity contribution in [1.29, 1.82) is 0 Å². The van der Waals surface area contributed by atoms with Gasteiger partial charge in [0.05, 0.1) is 22.2 Å². The zero-order valence-corrected chi connectivity index (χ0v) is 15.3. The lowest BCUT2D eigenvalue weighted by atomic mass is 10.0. The molecule has 4 aromatic rings. The number of aromatic nitrogens is 2. The number of hydrogen-bond acceptors (Lipinski definition) is 5. The van der Waals surface area contributed by atoms with Crippen molar-refractivity contribution in [2.24, 2.45) is 5.10 Å². The molecule has 0 atom stereocenters. The van der Waals surface area contributed by atoms with Crippen LogP contribution in [0.4, 0.5) is 5.69 Å². The molecule has 0 spiro atoms. The van der Waals surface area contributed by atoms with Crippen LogP contribution in [0.5, 0.6) is 0 Å². The standard InChI is InChI=1S/C22H16N4O3/c27-22-20-12-5-4-11-19(20)21(14-16-7-2-1-3-8-16)24-25(22)23-15-17-9-6-10-18(13-17)26(28)29/h1-13,15H,14H2. The van der Waals surface area contributed by atoms with Gasteiger partial charge in [0.25, 0.3) is 11.2 Å². The lowest BCUT2D eigenvalue weighted by Crippen LogP contribution is -2.21. The van der Waals surface area contributed by atoms with Crippen molar-refractivity contribution in [1.82, 2.24) is 9.89 Å². The molecule has 0 aliphatic rings. The first-order chi connectivity index (χ1) is 14.1. The Morgan fingerprint density at radius 1 is 0.966 bits per heavy atom. The minimum absolute atomic E-state index is 0.0439. The molecule has 1 aromatic heterocycles. The second-order valence-electron chi connectivity index (χ2n) is 6.45. The van der Waals surface area contributed by atoms with Crippen LogP contribution in [-0.2, 0) is 6.42 Å². The molecule has 4 rings (SSSR count). The van der Waals surface area contributed by atoms with Crippen LogP contribution in [-0.4, -0.2) is 21.0 Å². The van der Waals surface area contributed by atoms with Gasteiger partial charge in [-0.25, -0.2) is 0 Å². The summed E-state index contributed by atoms with van der Waals surface area (Å²) in [7, 11) is 0. The van der Waals surface area contributed by atoms with Gasteiger partial charge < -0.3 is 0 Å². The summed E-state index contributed by atoms with van der Waals surface area (Å²) in [5.74, 6) is 0. The highest BCUT2D eigenvalue weighted by Crippen LogP contribution is 2.17. The minimum Gasteiger partial charge on any atom is -0.265 e. The molecule has 0 fully saturated rings. The van der Waals surface area contributed by atoms with E-state index in [2.05, 4.69) is 10.2 Å². The van der Waals surface area contributed by atoms with E-state index in [4.69, 9.17) is 0 Å². The second kappa shape index (κ2) is 7.85. The predicted octanol–water partition coefficient (Wildman–Crippen LogP) is 3.78. The van der Waals surface area contributed by atoms with E-state index < -0.39 is 4.92 Å². The third-order valence-corrected chi connectivity index (χ3v) is 4.48. The topological polar surface area (TPSA) is 90.4 Å². The van der Waals surface area contributed by atoms with E-state index >= 15 is 0 Å². The van der Waals surface area contributed by atoms with Crippen molar-refractivity contribution in [3.63, 3.8) is 0 Å². The molecule has 0 amide bonds. The number of non-ortho nitro benzene ring substituents is 1. The SMILES string of the molecule is O=c1c2ccccc2c(Cc2ccccc2)nn1N=Cc1cccc([N+](=O)[O-])c1. The van der Waals surface area contributed by atoms with Gasteiger partial charge in [-0.2, -0.15) is 10.2 Å². The first-order valence-electron chi connectivity index (χ1n) is 8.95. The van der Waals surface area contributed by atoms with Crippen molar-refractivity contribution < 1.29 is 4.92 Å². The zero-order valence-electron chi connectivity index (χ0n) is 15.3. The second-order valence-corrected chi connectivity index (χ2v) is 6.45. The summed E-state index contributed by atoms with van der Waals surface area (Å²) in [4.78, 5) is 24.3. The largest absolute Gasteiger partial charge is 0.295 e. The average Bonchev–Trinajstić information content (AvgIpc) is 2.76. The summed E-state index contributed by atoms with van der Waals surface area (Å²) in [5.41, 5.74) is 1.91. The smallest absolute Gasteiger partial charge is 0.265 e. The van der Waals surface area contributed by atoms with Gasteiger partial charge in [0.15, 0.2) is 0 Å². The molecular formula is C22H16N4O3. The Bertz CT molecular complexity index is 1280. The molecule has 7 nitrogen and oxygen atoms in total. The van der Waals surface area contributed by atoms with Crippen LogP contribution in [0.25, 0.3) is 10.8 Å². The maximum atomic E-state index is 12.8. The molecule has 0 N–H and O–H groups in total. The lowest BCUT2D eigenvalue weighted by molar-refractivity contribution is -0.384. The monoisotopic (exact) mass is 384 g/mol. The molecule has 0 aliphatic carbocycles. The fraction of sp³-hybridized carbons (Fsp3) is 0.0455. The number of nitro benzene ring substituents is 1. The highest BCUT2D eigenvalue weighted by Gasteiger charge is 2.11. The molecule has 3 aromatic carbocycles. The maximum absolute atomic E-state index is 12.8. The average molecular weight is 384 g/mol. The normalized spacial score (nSPS) is 11.2. The van der Waals surface area contributed by atoms with Gasteiger partial charge in [-0.05, 0) is 11.6 Å².